The van der Waals surface area contributed by atoms with Crippen molar-refractivity contribution in [2.24, 2.45) is 0 Å². The maximum absolute atomic E-state index is 11.1. The van der Waals surface area contributed by atoms with Gasteiger partial charge < -0.3 is 0 Å². The van der Waals surface area contributed by atoms with Gasteiger partial charge in [-0.1, -0.05) is 0 Å². The third-order valence-corrected chi connectivity index (χ3v) is 3.12. The van der Waals surface area contributed by atoms with Gasteiger partial charge in [-0.15, -0.1) is 0 Å². The standard InChI is InChI=1S/C16H10BNO5/c1-9(19)21-15-7-12(3-2-10(15)8-18)22-11-4-5-14-13(6-11)16(20)23-17-14/h2-7,20H,1H3. The first-order valence-electron chi connectivity index (χ1n) is 6.67. The van der Waals surface area contributed by atoms with Gasteiger partial charge in [0.1, 0.15) is 0 Å². The molecular formula is C16H10BNO5. The number of rotatable bonds is 3. The molecule has 1 heterocycles. The number of nitriles is 1. The molecule has 23 heavy (non-hydrogen) atoms. The fourth-order valence-electron chi connectivity index (χ4n) is 2.10. The number of benzene rings is 2. The Morgan fingerprint density at radius 1 is 1.26 bits per heavy atom. The fraction of sp³-hybridized carbons (Fsp3) is 0.0625. The van der Waals surface area contributed by atoms with Crippen LogP contribution in [-0.2, 0) is 4.79 Å². The summed E-state index contributed by atoms with van der Waals surface area (Å²) in [5, 5.41) is 19.9. The molecule has 1 N–H and O–H groups in total. The summed E-state index contributed by atoms with van der Waals surface area (Å²) in [5.41, 5.74) is 0.232. The first-order chi connectivity index (χ1) is 11.1. The van der Waals surface area contributed by atoms with Crippen LogP contribution in [0.5, 0.6) is 23.2 Å². The molecule has 3 aromatic rings. The van der Waals surface area contributed by atoms with E-state index in [0.717, 1.165) is 5.28 Å². The molecule has 0 aliphatic rings. The van der Waals surface area contributed by atoms with Crippen LogP contribution >= 0.6 is 0 Å². The summed E-state index contributed by atoms with van der Waals surface area (Å²) in [6.45, 7) is 1.25. The summed E-state index contributed by atoms with van der Waals surface area (Å²) < 4.78 is 15.6. The summed E-state index contributed by atoms with van der Waals surface area (Å²) in [6, 6.07) is 11.6. The van der Waals surface area contributed by atoms with Gasteiger partial charge in [0.2, 0.25) is 0 Å². The third kappa shape index (κ3) is 3.01. The normalized spacial score (nSPS) is 10.1. The Balaban J connectivity index is 1.93. The molecule has 112 valence electrons. The van der Waals surface area contributed by atoms with Crippen molar-refractivity contribution < 1.29 is 23.7 Å². The van der Waals surface area contributed by atoms with Gasteiger partial charge in [-0.05, 0) is 0 Å². The molecule has 0 spiro atoms. The van der Waals surface area contributed by atoms with Crippen LogP contribution in [0.15, 0.2) is 40.7 Å². The number of hydrogen-bond acceptors (Lipinski definition) is 6. The number of carbonyl (C=O) groups excluding carboxylic acids is 1. The van der Waals surface area contributed by atoms with E-state index in [9.17, 15) is 9.90 Å². The van der Waals surface area contributed by atoms with Crippen LogP contribution in [-0.4, -0.2) is 18.2 Å². The molecule has 0 unspecified atom stereocenters. The van der Waals surface area contributed by atoms with Gasteiger partial charge in [0.05, 0.1) is 0 Å². The van der Waals surface area contributed by atoms with Gasteiger partial charge >= 0.3 is 131 Å². The van der Waals surface area contributed by atoms with E-state index in [-0.39, 0.29) is 17.3 Å². The second kappa shape index (κ2) is 5.85. The number of esters is 1. The van der Waals surface area contributed by atoms with Gasteiger partial charge in [-0.2, -0.15) is 0 Å². The summed E-state index contributed by atoms with van der Waals surface area (Å²) >= 11 is 0. The number of hydrogen-bond donors (Lipinski definition) is 1. The van der Waals surface area contributed by atoms with Crippen molar-refractivity contribution >= 4 is 23.8 Å². The van der Waals surface area contributed by atoms with Gasteiger partial charge in [-0.25, -0.2) is 0 Å². The van der Waals surface area contributed by atoms with Crippen LogP contribution in [0.2, 0.25) is 0 Å². The maximum atomic E-state index is 11.1. The third-order valence-electron chi connectivity index (χ3n) is 3.12. The van der Waals surface area contributed by atoms with Crippen LogP contribution in [0, 0.1) is 11.3 Å². The molecule has 0 saturated carbocycles. The molecule has 0 atom stereocenters. The van der Waals surface area contributed by atoms with Crippen molar-refractivity contribution in [1.82, 2.24) is 0 Å². The van der Waals surface area contributed by atoms with E-state index < -0.39 is 5.97 Å². The van der Waals surface area contributed by atoms with Crippen molar-refractivity contribution in [2.45, 2.75) is 6.92 Å². The Bertz CT molecular complexity index is 941. The number of ether oxygens (including phenoxy) is 2. The average molecular weight is 307 g/mol. The predicted molar refractivity (Wildman–Crippen MR) is 81.8 cm³/mol. The first kappa shape index (κ1) is 14.7. The van der Waals surface area contributed by atoms with Crippen molar-refractivity contribution in [1.29, 1.82) is 5.26 Å². The SMILES string of the molecule is CC(=O)Oc1cc(Oc2ccc3boc(O)c3c2)ccc1C#N. The monoisotopic (exact) mass is 307 g/mol. The molecule has 2 aromatic carbocycles. The molecule has 0 saturated heterocycles. The van der Waals surface area contributed by atoms with Gasteiger partial charge in [0.15, 0.2) is 0 Å². The van der Waals surface area contributed by atoms with E-state index in [1.165, 1.54) is 26.2 Å². The predicted octanol–water partition coefficient (Wildman–Crippen LogP) is 3.07. The number of nitrogens with zero attached hydrogens (tertiary/aromatic N) is 1. The van der Waals surface area contributed by atoms with Gasteiger partial charge in [0.25, 0.3) is 0 Å². The summed E-state index contributed by atoms with van der Waals surface area (Å²) in [6.07, 6.45) is 0. The minimum absolute atomic E-state index is 0.129. The molecule has 0 amide bonds. The molecule has 0 fully saturated rings. The molecule has 0 bridgehead atoms. The molecular weight excluding hydrogens is 297 g/mol. The van der Waals surface area contributed by atoms with Crippen molar-refractivity contribution in [3.8, 4) is 29.3 Å². The molecule has 0 aliphatic heterocycles. The van der Waals surface area contributed by atoms with Crippen LogP contribution in [0.3, 0.4) is 0 Å². The Morgan fingerprint density at radius 3 is 2.74 bits per heavy atom. The number of aromatic hydroxyl groups is 1. The number of fused-ring (bicyclic) bond motifs is 1. The Kier molecular flexibility index (Phi) is 3.73. The van der Waals surface area contributed by atoms with E-state index in [0.29, 0.717) is 16.9 Å². The zero-order valence-electron chi connectivity index (χ0n) is 12.1. The minimum atomic E-state index is -0.525. The fourth-order valence-corrected chi connectivity index (χ4v) is 2.10. The quantitative estimate of drug-likeness (QED) is 0.590. The molecule has 3 rings (SSSR count). The second-order valence-corrected chi connectivity index (χ2v) is 4.76. The van der Waals surface area contributed by atoms with Crippen LogP contribution < -0.4 is 9.47 Å². The van der Waals surface area contributed by atoms with E-state index in [2.05, 4.69) is 0 Å². The number of carbonyl (C=O) groups is 1. The van der Waals surface area contributed by atoms with Crippen molar-refractivity contribution in [3.05, 3.63) is 42.0 Å². The molecule has 0 aliphatic carbocycles. The average Bonchev–Trinajstić information content (AvgIpc) is 2.88. The van der Waals surface area contributed by atoms with E-state index in [1.807, 2.05) is 6.07 Å². The van der Waals surface area contributed by atoms with Crippen LogP contribution in [0.1, 0.15) is 12.5 Å². The van der Waals surface area contributed by atoms with Crippen molar-refractivity contribution in [3.63, 3.8) is 0 Å². The topological polar surface area (TPSA) is 92.7 Å². The zero-order chi connectivity index (χ0) is 16.4. The Morgan fingerprint density at radius 2 is 2.00 bits per heavy atom. The van der Waals surface area contributed by atoms with Crippen molar-refractivity contribution in [2.75, 3.05) is 0 Å². The molecule has 0 radical (unpaired) electrons. The summed E-state index contributed by atoms with van der Waals surface area (Å²) in [5.74, 6) is 0.272. The summed E-state index contributed by atoms with van der Waals surface area (Å²) in [7, 11) is 1.44. The summed E-state index contributed by atoms with van der Waals surface area (Å²) in [4.78, 5) is 11.1. The van der Waals surface area contributed by atoms with E-state index in [1.54, 1.807) is 24.3 Å². The molecule has 6 nitrogen and oxygen atoms in total. The zero-order valence-corrected chi connectivity index (χ0v) is 12.1. The molecule has 7 heteroatoms. The van der Waals surface area contributed by atoms with E-state index >= 15 is 0 Å². The first-order valence-corrected chi connectivity index (χ1v) is 6.67. The van der Waals surface area contributed by atoms with Crippen LogP contribution in [0.25, 0.3) is 10.7 Å². The molecule has 1 aromatic heterocycles. The Hall–Kier alpha value is -3.27. The van der Waals surface area contributed by atoms with Gasteiger partial charge in [0, 0.05) is 0 Å². The Labute approximate surface area is 131 Å². The van der Waals surface area contributed by atoms with Gasteiger partial charge in [-0.3, -0.25) is 0 Å². The van der Waals surface area contributed by atoms with E-state index in [4.69, 9.17) is 19.1 Å². The van der Waals surface area contributed by atoms with Crippen LogP contribution in [0.4, 0.5) is 0 Å². The second-order valence-electron chi connectivity index (χ2n) is 4.76.